The molecule has 0 amide bonds. The zero-order valence-corrected chi connectivity index (χ0v) is 16.7. The molecule has 1 aliphatic rings. The molecule has 1 aromatic rings. The van der Waals surface area contributed by atoms with Crippen LogP contribution in [0.1, 0.15) is 13.8 Å². The monoisotopic (exact) mass is 420 g/mol. The average molecular weight is 421 g/mol. The fourth-order valence-corrected chi connectivity index (χ4v) is 4.56. The number of benzene rings is 1. The molecule has 1 atom stereocenters. The van der Waals surface area contributed by atoms with Crippen molar-refractivity contribution in [3.63, 3.8) is 0 Å². The number of nitrogens with one attached hydrogen (secondary N) is 1. The highest BCUT2D eigenvalue weighted by Crippen LogP contribution is 2.27. The molecule has 1 aliphatic heterocycles. The van der Waals surface area contributed by atoms with Gasteiger partial charge in [-0.1, -0.05) is 13.8 Å². The third-order valence-electron chi connectivity index (χ3n) is 4.20. The SMILES string of the molecule is COc1ccc(S(=O)(=O)NCC(C(C)C)N2CCOCC2)cc1Br. The van der Waals surface area contributed by atoms with E-state index in [0.717, 1.165) is 13.1 Å². The Bertz CT molecular complexity index is 645. The van der Waals surface area contributed by atoms with Gasteiger partial charge in [0.15, 0.2) is 0 Å². The van der Waals surface area contributed by atoms with Crippen LogP contribution in [0.2, 0.25) is 0 Å². The normalized spacial score (nSPS) is 17.9. The summed E-state index contributed by atoms with van der Waals surface area (Å²) in [5.41, 5.74) is 0. The van der Waals surface area contributed by atoms with E-state index in [4.69, 9.17) is 9.47 Å². The van der Waals surface area contributed by atoms with Crippen molar-refractivity contribution in [1.82, 2.24) is 9.62 Å². The first-order chi connectivity index (χ1) is 11.3. The minimum atomic E-state index is -3.57. The van der Waals surface area contributed by atoms with Crippen LogP contribution >= 0.6 is 15.9 Å². The number of halogens is 1. The molecule has 2 rings (SSSR count). The quantitative estimate of drug-likeness (QED) is 0.731. The number of sulfonamides is 1. The van der Waals surface area contributed by atoms with E-state index in [1.165, 1.54) is 0 Å². The van der Waals surface area contributed by atoms with E-state index in [2.05, 4.69) is 39.4 Å². The lowest BCUT2D eigenvalue weighted by Gasteiger charge is -2.36. The highest BCUT2D eigenvalue weighted by atomic mass is 79.9. The predicted octanol–water partition coefficient (Wildman–Crippen LogP) is 2.09. The molecule has 1 saturated heterocycles. The maximum atomic E-state index is 12.6. The Labute approximate surface area is 152 Å². The summed E-state index contributed by atoms with van der Waals surface area (Å²) in [6, 6.07) is 4.89. The van der Waals surface area contributed by atoms with Gasteiger partial charge in [0.2, 0.25) is 10.0 Å². The lowest BCUT2D eigenvalue weighted by molar-refractivity contribution is 0.00776. The van der Waals surface area contributed by atoms with Crippen LogP contribution in [0.15, 0.2) is 27.6 Å². The van der Waals surface area contributed by atoms with Crippen LogP contribution in [0.3, 0.4) is 0 Å². The second-order valence-corrected chi connectivity index (χ2v) is 8.73. The van der Waals surface area contributed by atoms with Gasteiger partial charge < -0.3 is 9.47 Å². The molecule has 0 spiro atoms. The Balaban J connectivity index is 2.08. The van der Waals surface area contributed by atoms with E-state index in [-0.39, 0.29) is 10.9 Å². The molecule has 0 aliphatic carbocycles. The Morgan fingerprint density at radius 2 is 2.00 bits per heavy atom. The standard InChI is InChI=1S/C16H25BrN2O4S/c1-12(2)15(19-6-8-23-9-7-19)11-18-24(20,21)13-4-5-16(22-3)14(17)10-13/h4-5,10,12,15,18H,6-9,11H2,1-3H3. The van der Waals surface area contributed by atoms with Crippen molar-refractivity contribution in [3.05, 3.63) is 22.7 Å². The molecule has 0 radical (unpaired) electrons. The molecule has 6 nitrogen and oxygen atoms in total. The summed E-state index contributed by atoms with van der Waals surface area (Å²) in [6.45, 7) is 7.65. The van der Waals surface area contributed by atoms with E-state index >= 15 is 0 Å². The van der Waals surface area contributed by atoms with E-state index in [9.17, 15) is 8.42 Å². The zero-order chi connectivity index (χ0) is 17.7. The molecule has 1 heterocycles. The van der Waals surface area contributed by atoms with Crippen LogP contribution < -0.4 is 9.46 Å². The Morgan fingerprint density at radius 1 is 1.33 bits per heavy atom. The minimum absolute atomic E-state index is 0.144. The Hall–Kier alpha value is -0.670. The van der Waals surface area contributed by atoms with Gasteiger partial charge in [-0.15, -0.1) is 0 Å². The second kappa shape index (κ2) is 8.62. The summed E-state index contributed by atoms with van der Waals surface area (Å²) in [5, 5.41) is 0. The third kappa shape index (κ3) is 4.92. The van der Waals surface area contributed by atoms with Crippen molar-refractivity contribution >= 4 is 26.0 Å². The minimum Gasteiger partial charge on any atom is -0.496 e. The van der Waals surface area contributed by atoms with Crippen LogP contribution in [-0.4, -0.2) is 59.3 Å². The number of morpholine rings is 1. The van der Waals surface area contributed by atoms with Crippen LogP contribution in [-0.2, 0) is 14.8 Å². The second-order valence-electron chi connectivity index (χ2n) is 6.11. The number of hydrogen-bond acceptors (Lipinski definition) is 5. The van der Waals surface area contributed by atoms with Gasteiger partial charge in [0.25, 0.3) is 0 Å². The highest BCUT2D eigenvalue weighted by molar-refractivity contribution is 9.10. The topological polar surface area (TPSA) is 67.9 Å². The van der Waals surface area contributed by atoms with Crippen LogP contribution in [0.25, 0.3) is 0 Å². The van der Waals surface area contributed by atoms with E-state index in [0.29, 0.717) is 35.9 Å². The zero-order valence-electron chi connectivity index (χ0n) is 14.3. The number of hydrogen-bond donors (Lipinski definition) is 1. The van der Waals surface area contributed by atoms with Crippen molar-refractivity contribution in [3.8, 4) is 5.75 Å². The van der Waals surface area contributed by atoms with Gasteiger partial charge in [-0.25, -0.2) is 13.1 Å². The smallest absolute Gasteiger partial charge is 0.240 e. The third-order valence-corrected chi connectivity index (χ3v) is 6.24. The Morgan fingerprint density at radius 3 is 2.54 bits per heavy atom. The molecular formula is C16H25BrN2O4S. The van der Waals surface area contributed by atoms with Crippen LogP contribution in [0.5, 0.6) is 5.75 Å². The molecule has 8 heteroatoms. The molecule has 0 aromatic heterocycles. The van der Waals surface area contributed by atoms with E-state index in [1.54, 1.807) is 25.3 Å². The summed E-state index contributed by atoms with van der Waals surface area (Å²) >= 11 is 3.33. The van der Waals surface area contributed by atoms with Gasteiger partial charge >= 0.3 is 0 Å². The van der Waals surface area contributed by atoms with Gasteiger partial charge in [-0.05, 0) is 40.0 Å². The van der Waals surface area contributed by atoms with Gasteiger partial charge in [0, 0.05) is 25.7 Å². The molecule has 1 N–H and O–H groups in total. The van der Waals surface area contributed by atoms with Crippen LogP contribution in [0.4, 0.5) is 0 Å². The summed E-state index contributed by atoms with van der Waals surface area (Å²) < 4.78 is 39.0. The lowest BCUT2D eigenvalue weighted by Crippen LogP contribution is -2.51. The molecule has 0 bridgehead atoms. The Kier molecular flexibility index (Phi) is 7.06. The van der Waals surface area contributed by atoms with Gasteiger partial charge in [0.1, 0.15) is 5.75 Å². The summed E-state index contributed by atoms with van der Waals surface area (Å²) in [4.78, 5) is 2.51. The fourth-order valence-electron chi connectivity index (χ4n) is 2.79. The molecule has 24 heavy (non-hydrogen) atoms. The highest BCUT2D eigenvalue weighted by Gasteiger charge is 2.26. The van der Waals surface area contributed by atoms with Crippen molar-refractivity contribution in [2.24, 2.45) is 5.92 Å². The molecule has 1 fully saturated rings. The number of ether oxygens (including phenoxy) is 2. The maximum absolute atomic E-state index is 12.6. The molecule has 1 unspecified atom stereocenters. The van der Waals surface area contributed by atoms with Crippen molar-refractivity contribution < 1.29 is 17.9 Å². The first kappa shape index (κ1) is 19.7. The average Bonchev–Trinajstić information content (AvgIpc) is 2.55. The molecule has 1 aromatic carbocycles. The first-order valence-electron chi connectivity index (χ1n) is 8.00. The van der Waals surface area contributed by atoms with Crippen molar-refractivity contribution in [1.29, 1.82) is 0 Å². The largest absolute Gasteiger partial charge is 0.496 e. The number of rotatable bonds is 7. The van der Waals surface area contributed by atoms with Gasteiger partial charge in [-0.3, -0.25) is 4.90 Å². The van der Waals surface area contributed by atoms with Crippen LogP contribution in [0, 0.1) is 5.92 Å². The van der Waals surface area contributed by atoms with Crippen molar-refractivity contribution in [2.45, 2.75) is 24.8 Å². The summed E-state index contributed by atoms with van der Waals surface area (Å²) in [6.07, 6.45) is 0. The summed E-state index contributed by atoms with van der Waals surface area (Å²) in [7, 11) is -2.02. The predicted molar refractivity (Wildman–Crippen MR) is 96.9 cm³/mol. The molecule has 0 saturated carbocycles. The maximum Gasteiger partial charge on any atom is 0.240 e. The number of nitrogens with zero attached hydrogens (tertiary/aromatic N) is 1. The van der Waals surface area contributed by atoms with Gasteiger partial charge in [-0.2, -0.15) is 0 Å². The first-order valence-corrected chi connectivity index (χ1v) is 10.3. The van der Waals surface area contributed by atoms with E-state index in [1.807, 2.05) is 0 Å². The lowest BCUT2D eigenvalue weighted by atomic mass is 10.0. The molecule has 136 valence electrons. The van der Waals surface area contributed by atoms with Crippen molar-refractivity contribution in [2.75, 3.05) is 40.0 Å². The fraction of sp³-hybridized carbons (Fsp3) is 0.625. The molecular weight excluding hydrogens is 396 g/mol. The summed E-state index contributed by atoms with van der Waals surface area (Å²) in [5.74, 6) is 0.940. The van der Waals surface area contributed by atoms with Gasteiger partial charge in [0.05, 0.1) is 29.7 Å². The van der Waals surface area contributed by atoms with E-state index < -0.39 is 10.0 Å². The number of methoxy groups -OCH3 is 1.